The van der Waals surface area contributed by atoms with Crippen LogP contribution in [0.5, 0.6) is 0 Å². The summed E-state index contributed by atoms with van der Waals surface area (Å²) in [5.74, 6) is -0.196. The third-order valence-corrected chi connectivity index (χ3v) is 9.37. The predicted octanol–water partition coefficient (Wildman–Crippen LogP) is 4.02. The smallest absolute Gasteiger partial charge is 0.251 e. The second-order valence-corrected chi connectivity index (χ2v) is 13.0. The van der Waals surface area contributed by atoms with Crippen molar-refractivity contribution in [2.45, 2.75) is 68.8 Å². The Morgan fingerprint density at radius 2 is 1.63 bits per heavy atom. The van der Waals surface area contributed by atoms with E-state index >= 15 is 0 Å². The van der Waals surface area contributed by atoms with Crippen LogP contribution in [0.2, 0.25) is 0 Å². The zero-order valence-electron chi connectivity index (χ0n) is 26.3. The van der Waals surface area contributed by atoms with Gasteiger partial charge < -0.3 is 20.9 Å². The summed E-state index contributed by atoms with van der Waals surface area (Å²) in [7, 11) is -3.81. The molecule has 1 saturated carbocycles. The lowest BCUT2D eigenvalue weighted by atomic mass is 9.94. The minimum atomic E-state index is -3.81. The number of pyridine rings is 1. The SMILES string of the molecule is CCNC(=O)c1ccc(C(C(=O)NC2CCCCC2)N(CCCNc2ccccn2)C(=O)CCNS(=O)(=O)c2ccccc2)cc1. The van der Waals surface area contributed by atoms with Crippen LogP contribution in [0.4, 0.5) is 5.82 Å². The Hall–Kier alpha value is -4.29. The van der Waals surface area contributed by atoms with E-state index in [0.29, 0.717) is 36.5 Å². The highest BCUT2D eigenvalue weighted by Gasteiger charge is 2.33. The molecule has 0 saturated heterocycles. The summed E-state index contributed by atoms with van der Waals surface area (Å²) in [4.78, 5) is 46.3. The number of aromatic nitrogens is 1. The highest BCUT2D eigenvalue weighted by molar-refractivity contribution is 7.89. The Labute approximate surface area is 271 Å². The van der Waals surface area contributed by atoms with Crippen LogP contribution >= 0.6 is 0 Å². The quantitative estimate of drug-likeness (QED) is 0.171. The van der Waals surface area contributed by atoms with Gasteiger partial charge in [0.25, 0.3) is 5.91 Å². The fraction of sp³-hybridized carbons (Fsp3) is 0.412. The van der Waals surface area contributed by atoms with E-state index in [-0.39, 0.29) is 48.2 Å². The summed E-state index contributed by atoms with van der Waals surface area (Å²) >= 11 is 0. The maximum Gasteiger partial charge on any atom is 0.251 e. The molecule has 0 bridgehead atoms. The number of hydrogen-bond donors (Lipinski definition) is 4. The van der Waals surface area contributed by atoms with Crippen molar-refractivity contribution in [3.63, 3.8) is 0 Å². The molecule has 4 N–H and O–H groups in total. The summed E-state index contributed by atoms with van der Waals surface area (Å²) in [5.41, 5.74) is 1.02. The van der Waals surface area contributed by atoms with Gasteiger partial charge in [-0.05, 0) is 68.1 Å². The first-order valence-electron chi connectivity index (χ1n) is 16.0. The molecule has 12 heteroatoms. The minimum absolute atomic E-state index is 0.0128. The standard InChI is InChI=1S/C34H44N6O5S/c1-2-35-33(42)27-19-17-26(18-20-27)32(34(43)39-28-12-5-3-6-13-28)40(25-11-23-37-30-16-9-10-22-36-30)31(41)21-24-38-46(44,45)29-14-7-4-8-15-29/h4,7-10,14-20,22,28,32,38H,2-3,5-6,11-13,21,23-25H2,1H3,(H,35,42)(H,36,37)(H,39,43). The van der Waals surface area contributed by atoms with E-state index in [0.717, 1.165) is 32.1 Å². The van der Waals surface area contributed by atoms with Crippen LogP contribution in [-0.4, -0.2) is 68.2 Å². The number of nitrogens with zero attached hydrogens (tertiary/aromatic N) is 2. The molecule has 2 aromatic carbocycles. The highest BCUT2D eigenvalue weighted by Crippen LogP contribution is 2.26. The Balaban J connectivity index is 1.57. The third-order valence-electron chi connectivity index (χ3n) is 7.89. The van der Waals surface area contributed by atoms with E-state index in [1.165, 1.54) is 17.0 Å². The van der Waals surface area contributed by atoms with E-state index in [4.69, 9.17) is 0 Å². The van der Waals surface area contributed by atoms with Gasteiger partial charge in [0, 0.05) is 50.4 Å². The van der Waals surface area contributed by atoms with Crippen molar-refractivity contribution in [2.24, 2.45) is 0 Å². The molecule has 46 heavy (non-hydrogen) atoms. The maximum absolute atomic E-state index is 14.0. The fourth-order valence-corrected chi connectivity index (χ4v) is 6.58. The first kappa shape index (κ1) is 34.6. The molecule has 1 unspecified atom stereocenters. The van der Waals surface area contributed by atoms with E-state index in [9.17, 15) is 22.8 Å². The van der Waals surface area contributed by atoms with Crippen molar-refractivity contribution >= 4 is 33.6 Å². The number of rotatable bonds is 16. The van der Waals surface area contributed by atoms with Crippen molar-refractivity contribution in [1.29, 1.82) is 0 Å². The zero-order valence-corrected chi connectivity index (χ0v) is 27.1. The lowest BCUT2D eigenvalue weighted by Gasteiger charge is -2.33. The first-order chi connectivity index (χ1) is 22.3. The van der Waals surface area contributed by atoms with E-state index in [2.05, 4.69) is 25.7 Å². The number of sulfonamides is 1. The summed E-state index contributed by atoms with van der Waals surface area (Å²) < 4.78 is 28.1. The van der Waals surface area contributed by atoms with Crippen LogP contribution in [0.1, 0.15) is 73.8 Å². The van der Waals surface area contributed by atoms with Crippen LogP contribution in [0.15, 0.2) is 83.9 Å². The van der Waals surface area contributed by atoms with Gasteiger partial charge in [0.15, 0.2) is 0 Å². The minimum Gasteiger partial charge on any atom is -0.370 e. The molecule has 0 radical (unpaired) electrons. The number of amides is 3. The Kier molecular flexibility index (Phi) is 13.1. The average Bonchev–Trinajstić information content (AvgIpc) is 3.07. The number of hydrogen-bond acceptors (Lipinski definition) is 7. The van der Waals surface area contributed by atoms with Crippen LogP contribution in [0.25, 0.3) is 0 Å². The van der Waals surface area contributed by atoms with E-state index < -0.39 is 16.1 Å². The molecule has 1 aliphatic rings. The number of carbonyl (C=O) groups excluding carboxylic acids is 3. The van der Waals surface area contributed by atoms with Crippen LogP contribution < -0.4 is 20.7 Å². The molecule has 3 aromatic rings. The predicted molar refractivity (Wildman–Crippen MR) is 178 cm³/mol. The van der Waals surface area contributed by atoms with Crippen LogP contribution in [0.3, 0.4) is 0 Å². The molecule has 3 amide bonds. The first-order valence-corrected chi connectivity index (χ1v) is 17.4. The Morgan fingerprint density at radius 1 is 0.913 bits per heavy atom. The van der Waals surface area contributed by atoms with Gasteiger partial charge in [-0.15, -0.1) is 0 Å². The van der Waals surface area contributed by atoms with E-state index in [1.54, 1.807) is 48.7 Å². The van der Waals surface area contributed by atoms with Gasteiger partial charge in [0.2, 0.25) is 21.8 Å². The molecule has 1 aliphatic carbocycles. The van der Waals surface area contributed by atoms with Crippen molar-refractivity contribution in [2.75, 3.05) is 31.5 Å². The van der Waals surface area contributed by atoms with Crippen molar-refractivity contribution in [3.05, 3.63) is 90.1 Å². The van der Waals surface area contributed by atoms with Crippen molar-refractivity contribution in [1.82, 2.24) is 25.2 Å². The zero-order chi connectivity index (χ0) is 32.8. The second kappa shape index (κ2) is 17.4. The van der Waals surface area contributed by atoms with E-state index in [1.807, 2.05) is 25.1 Å². The molecule has 11 nitrogen and oxygen atoms in total. The van der Waals surface area contributed by atoms with Gasteiger partial charge in [-0.3, -0.25) is 14.4 Å². The van der Waals surface area contributed by atoms with Crippen LogP contribution in [-0.2, 0) is 19.6 Å². The Bertz CT molecular complexity index is 1510. The molecule has 1 aromatic heterocycles. The molecule has 0 aliphatic heterocycles. The summed E-state index contributed by atoms with van der Waals surface area (Å²) in [6.45, 7) is 2.91. The summed E-state index contributed by atoms with van der Waals surface area (Å²) in [6, 6.07) is 19.3. The molecule has 1 fully saturated rings. The molecule has 1 atom stereocenters. The fourth-order valence-electron chi connectivity index (χ4n) is 5.53. The number of anilines is 1. The summed E-state index contributed by atoms with van der Waals surface area (Å²) in [5, 5.41) is 9.19. The van der Waals surface area contributed by atoms with Gasteiger partial charge in [0.05, 0.1) is 4.90 Å². The van der Waals surface area contributed by atoms with Crippen molar-refractivity contribution < 1.29 is 22.8 Å². The van der Waals surface area contributed by atoms with Gasteiger partial charge in [-0.1, -0.05) is 55.7 Å². The maximum atomic E-state index is 14.0. The molecule has 0 spiro atoms. The second-order valence-electron chi connectivity index (χ2n) is 11.3. The lowest BCUT2D eigenvalue weighted by molar-refractivity contribution is -0.141. The molecular formula is C34H44N6O5S. The third kappa shape index (κ3) is 10.1. The molecule has 246 valence electrons. The average molecular weight is 649 g/mol. The largest absolute Gasteiger partial charge is 0.370 e. The van der Waals surface area contributed by atoms with Crippen LogP contribution in [0, 0.1) is 0 Å². The molecule has 1 heterocycles. The molecular weight excluding hydrogens is 604 g/mol. The monoisotopic (exact) mass is 648 g/mol. The van der Waals surface area contributed by atoms with Crippen molar-refractivity contribution in [3.8, 4) is 0 Å². The topological polar surface area (TPSA) is 150 Å². The van der Waals surface area contributed by atoms with Gasteiger partial charge >= 0.3 is 0 Å². The van der Waals surface area contributed by atoms with Gasteiger partial charge in [-0.2, -0.15) is 0 Å². The Morgan fingerprint density at radius 3 is 2.30 bits per heavy atom. The van der Waals surface area contributed by atoms with Gasteiger partial charge in [0.1, 0.15) is 11.9 Å². The number of benzene rings is 2. The highest BCUT2D eigenvalue weighted by atomic mass is 32.2. The molecule has 4 rings (SSSR count). The van der Waals surface area contributed by atoms with Gasteiger partial charge in [-0.25, -0.2) is 18.1 Å². The lowest BCUT2D eigenvalue weighted by Crippen LogP contribution is -2.48. The normalized spacial score (nSPS) is 14.2. The number of carbonyl (C=O) groups is 3. The number of nitrogens with one attached hydrogen (secondary N) is 4. The summed E-state index contributed by atoms with van der Waals surface area (Å²) in [6.07, 6.45) is 6.97.